The molecule has 1 aromatic heterocycles. The van der Waals surface area contributed by atoms with Gasteiger partial charge in [0.15, 0.2) is 0 Å². The Morgan fingerprint density at radius 1 is 1.20 bits per heavy atom. The Morgan fingerprint density at radius 3 is 2.25 bits per heavy atom. The normalized spacial score (nSPS) is 12.1. The lowest BCUT2D eigenvalue weighted by Gasteiger charge is -2.12. The molecular weight excluding hydrogens is 278 g/mol. The summed E-state index contributed by atoms with van der Waals surface area (Å²) in [7, 11) is 0. The van der Waals surface area contributed by atoms with Gasteiger partial charge in [-0.25, -0.2) is 0 Å². The summed E-state index contributed by atoms with van der Waals surface area (Å²) in [6.07, 6.45) is 0.651. The second kappa shape index (κ2) is 7.06. The van der Waals surface area contributed by atoms with Crippen molar-refractivity contribution in [3.63, 3.8) is 0 Å². The number of carbonyl (C=O) groups is 1. The molecule has 0 aliphatic carbocycles. The number of halogens is 4. The van der Waals surface area contributed by atoms with Gasteiger partial charge in [-0.15, -0.1) is 0 Å². The molecule has 0 spiro atoms. The van der Waals surface area contributed by atoms with Crippen LogP contribution in [0.2, 0.25) is 0 Å². The Morgan fingerprint density at radius 2 is 1.75 bits per heavy atom. The second-order valence-corrected chi connectivity index (χ2v) is 4.25. The molecule has 0 aliphatic rings. The van der Waals surface area contributed by atoms with Crippen LogP contribution in [0.5, 0.6) is 0 Å². The van der Waals surface area contributed by atoms with E-state index < -0.39 is 29.2 Å². The lowest BCUT2D eigenvalue weighted by Crippen LogP contribution is -2.33. The van der Waals surface area contributed by atoms with Gasteiger partial charge in [-0.05, 0) is 13.3 Å². The fourth-order valence-electron chi connectivity index (χ4n) is 1.39. The van der Waals surface area contributed by atoms with Gasteiger partial charge in [-0.2, -0.15) is 22.5 Å². The van der Waals surface area contributed by atoms with Crippen molar-refractivity contribution in [1.29, 1.82) is 0 Å². The molecule has 112 valence electrons. The van der Waals surface area contributed by atoms with E-state index in [2.05, 4.69) is 15.6 Å². The van der Waals surface area contributed by atoms with Crippen molar-refractivity contribution in [2.24, 2.45) is 0 Å². The number of rotatable bonds is 6. The lowest BCUT2D eigenvalue weighted by atomic mass is 10.2. The fraction of sp³-hybridized carbons (Fsp3) is 0.500. The minimum atomic E-state index is -1.74. The van der Waals surface area contributed by atoms with Gasteiger partial charge >= 0.3 is 0 Å². The molecule has 1 aromatic rings. The van der Waals surface area contributed by atoms with E-state index in [1.54, 1.807) is 6.92 Å². The van der Waals surface area contributed by atoms with E-state index in [1.165, 1.54) is 0 Å². The van der Waals surface area contributed by atoms with Crippen LogP contribution in [0, 0.1) is 23.5 Å². The second-order valence-electron chi connectivity index (χ2n) is 4.25. The molecule has 8 heteroatoms. The van der Waals surface area contributed by atoms with E-state index in [0.717, 1.165) is 6.42 Å². The molecule has 1 atom stereocenters. The van der Waals surface area contributed by atoms with Crippen LogP contribution in [0.15, 0.2) is 0 Å². The molecule has 0 saturated carbocycles. The van der Waals surface area contributed by atoms with Crippen LogP contribution in [0.3, 0.4) is 0 Å². The van der Waals surface area contributed by atoms with Crippen molar-refractivity contribution >= 4 is 11.6 Å². The maximum absolute atomic E-state index is 13.2. The Balaban J connectivity index is 2.61. The topological polar surface area (TPSA) is 54.0 Å². The summed E-state index contributed by atoms with van der Waals surface area (Å²) in [6, 6.07) is -0.0215. The zero-order valence-corrected chi connectivity index (χ0v) is 11.1. The molecule has 1 unspecified atom stereocenters. The van der Waals surface area contributed by atoms with E-state index in [0.29, 0.717) is 0 Å². The van der Waals surface area contributed by atoms with Gasteiger partial charge in [0.05, 0.1) is 0 Å². The molecule has 0 aromatic carbocycles. The van der Waals surface area contributed by atoms with E-state index in [-0.39, 0.29) is 24.9 Å². The first-order valence-corrected chi connectivity index (χ1v) is 6.10. The lowest BCUT2D eigenvalue weighted by molar-refractivity contribution is -0.121. The first-order chi connectivity index (χ1) is 9.36. The predicted octanol–water partition coefficient (Wildman–Crippen LogP) is 2.35. The number of pyridine rings is 1. The molecule has 1 rings (SSSR count). The highest BCUT2D eigenvalue weighted by Gasteiger charge is 2.20. The van der Waals surface area contributed by atoms with Crippen LogP contribution < -0.4 is 10.6 Å². The Bertz CT molecular complexity index is 470. The molecular formula is C12H15F4N3O. The van der Waals surface area contributed by atoms with Crippen molar-refractivity contribution in [3.05, 3.63) is 23.5 Å². The molecule has 0 fully saturated rings. The van der Waals surface area contributed by atoms with Crippen LogP contribution in [0.4, 0.5) is 23.2 Å². The van der Waals surface area contributed by atoms with Crippen molar-refractivity contribution in [3.8, 4) is 0 Å². The highest BCUT2D eigenvalue weighted by Crippen LogP contribution is 2.21. The molecule has 2 N–H and O–H groups in total. The third-order valence-corrected chi connectivity index (χ3v) is 2.67. The summed E-state index contributed by atoms with van der Waals surface area (Å²) in [6.45, 7) is 3.52. The number of carbonyl (C=O) groups excluding carboxylic acids is 1. The number of nitrogens with zero attached hydrogens (tertiary/aromatic N) is 1. The fourth-order valence-corrected chi connectivity index (χ4v) is 1.39. The zero-order valence-electron chi connectivity index (χ0n) is 11.1. The number of anilines is 1. The van der Waals surface area contributed by atoms with Crippen molar-refractivity contribution in [2.45, 2.75) is 32.7 Å². The Kier molecular flexibility index (Phi) is 5.72. The summed E-state index contributed by atoms with van der Waals surface area (Å²) < 4.78 is 52.1. The first kappa shape index (κ1) is 16.2. The third-order valence-electron chi connectivity index (χ3n) is 2.67. The van der Waals surface area contributed by atoms with Gasteiger partial charge in [-0.3, -0.25) is 4.79 Å². The standard InChI is InChI=1S/C12H15F4N3O/c1-3-6(2)18-7(20)4-5-17-10-8(13)11(15)19-12(16)9(10)14/h6H,3-5H2,1-2H3,(H,17,19)(H,18,20). The van der Waals surface area contributed by atoms with Crippen LogP contribution in [-0.4, -0.2) is 23.5 Å². The van der Waals surface area contributed by atoms with Crippen molar-refractivity contribution in [2.75, 3.05) is 11.9 Å². The number of hydrogen-bond donors (Lipinski definition) is 2. The molecule has 20 heavy (non-hydrogen) atoms. The van der Waals surface area contributed by atoms with Crippen LogP contribution in [-0.2, 0) is 4.79 Å². The number of hydrogen-bond acceptors (Lipinski definition) is 3. The van der Waals surface area contributed by atoms with Gasteiger partial charge < -0.3 is 10.6 Å². The van der Waals surface area contributed by atoms with Crippen LogP contribution in [0.25, 0.3) is 0 Å². The van der Waals surface area contributed by atoms with Crippen LogP contribution >= 0.6 is 0 Å². The molecule has 0 aliphatic heterocycles. The largest absolute Gasteiger partial charge is 0.379 e. The highest BCUT2D eigenvalue weighted by atomic mass is 19.2. The average Bonchev–Trinajstić information content (AvgIpc) is 2.40. The highest BCUT2D eigenvalue weighted by molar-refractivity contribution is 5.76. The quantitative estimate of drug-likeness (QED) is 0.625. The number of amides is 1. The predicted molar refractivity (Wildman–Crippen MR) is 65.1 cm³/mol. The summed E-state index contributed by atoms with van der Waals surface area (Å²) in [5, 5.41) is 4.80. The maximum atomic E-state index is 13.2. The Hall–Kier alpha value is -1.86. The van der Waals surface area contributed by atoms with E-state index in [9.17, 15) is 22.4 Å². The molecule has 0 saturated heterocycles. The summed E-state index contributed by atoms with van der Waals surface area (Å²) in [4.78, 5) is 13.8. The van der Waals surface area contributed by atoms with Gasteiger partial charge in [0.1, 0.15) is 5.69 Å². The molecule has 0 radical (unpaired) electrons. The van der Waals surface area contributed by atoms with Gasteiger partial charge in [0.2, 0.25) is 17.5 Å². The zero-order chi connectivity index (χ0) is 15.3. The SMILES string of the molecule is CCC(C)NC(=O)CCNc1c(F)c(F)nc(F)c1F. The molecule has 1 amide bonds. The summed E-state index contributed by atoms with van der Waals surface area (Å²) in [5.41, 5.74) is -0.966. The van der Waals surface area contributed by atoms with E-state index >= 15 is 0 Å². The first-order valence-electron chi connectivity index (χ1n) is 6.10. The minimum absolute atomic E-state index is 0.0215. The third kappa shape index (κ3) is 4.07. The average molecular weight is 293 g/mol. The number of aromatic nitrogens is 1. The summed E-state index contributed by atoms with van der Waals surface area (Å²) in [5.74, 6) is -7.05. The van der Waals surface area contributed by atoms with Crippen molar-refractivity contribution in [1.82, 2.24) is 10.3 Å². The van der Waals surface area contributed by atoms with Crippen molar-refractivity contribution < 1.29 is 22.4 Å². The number of nitrogens with one attached hydrogen (secondary N) is 2. The van der Waals surface area contributed by atoms with E-state index in [1.807, 2.05) is 6.92 Å². The minimum Gasteiger partial charge on any atom is -0.379 e. The summed E-state index contributed by atoms with van der Waals surface area (Å²) >= 11 is 0. The smallest absolute Gasteiger partial charge is 0.253 e. The molecule has 4 nitrogen and oxygen atoms in total. The van der Waals surface area contributed by atoms with Gasteiger partial charge in [0, 0.05) is 19.0 Å². The van der Waals surface area contributed by atoms with Gasteiger partial charge in [0.25, 0.3) is 11.9 Å². The molecule has 1 heterocycles. The maximum Gasteiger partial charge on any atom is 0.253 e. The van der Waals surface area contributed by atoms with E-state index in [4.69, 9.17) is 0 Å². The van der Waals surface area contributed by atoms with Gasteiger partial charge in [-0.1, -0.05) is 6.92 Å². The monoisotopic (exact) mass is 293 g/mol. The Labute approximate surface area is 113 Å². The van der Waals surface area contributed by atoms with Crippen LogP contribution in [0.1, 0.15) is 26.7 Å². The molecule has 0 bridgehead atoms.